The van der Waals surface area contributed by atoms with Gasteiger partial charge in [-0.25, -0.2) is 19.3 Å². The van der Waals surface area contributed by atoms with Gasteiger partial charge in [0.15, 0.2) is 17.2 Å². The number of carbonyl (C=O) groups excluding carboxylic acids is 2. The number of aliphatic hydroxyl groups is 1. The van der Waals surface area contributed by atoms with Crippen LogP contribution in [0.1, 0.15) is 103 Å². The van der Waals surface area contributed by atoms with E-state index in [4.69, 9.17) is 14.8 Å². The van der Waals surface area contributed by atoms with Crippen LogP contribution in [-0.2, 0) is 54.2 Å². The highest BCUT2D eigenvalue weighted by molar-refractivity contribution is 5.99. The van der Waals surface area contributed by atoms with Crippen molar-refractivity contribution in [1.82, 2.24) is 44.9 Å². The summed E-state index contributed by atoms with van der Waals surface area (Å²) in [5.74, 6) is 1.01. The van der Waals surface area contributed by atoms with Crippen molar-refractivity contribution in [3.8, 4) is 11.6 Å². The van der Waals surface area contributed by atoms with E-state index in [1.165, 1.54) is 35.1 Å². The fraction of sp³-hybridized carbons (Fsp3) is 0.447. The van der Waals surface area contributed by atoms with Gasteiger partial charge in [-0.3, -0.25) is 29.5 Å². The zero-order valence-electron chi connectivity index (χ0n) is 35.0. The lowest BCUT2D eigenvalue weighted by molar-refractivity contribution is -0.137. The molecule has 11 rings (SSSR count). The van der Waals surface area contributed by atoms with Crippen LogP contribution in [0, 0.1) is 5.92 Å². The highest BCUT2D eigenvalue weighted by Gasteiger charge is 2.42. The molecule has 2 amide bonds. The summed E-state index contributed by atoms with van der Waals surface area (Å²) in [7, 11) is 0. The van der Waals surface area contributed by atoms with E-state index in [1.807, 2.05) is 19.1 Å². The number of hydrogen-bond acceptors (Lipinski definition) is 12. The first-order valence-electron chi connectivity index (χ1n) is 22.3. The van der Waals surface area contributed by atoms with Gasteiger partial charge in [0.05, 0.1) is 24.2 Å². The molecule has 2 fully saturated rings. The highest BCUT2D eigenvalue weighted by atomic mass is 16.7. The van der Waals surface area contributed by atoms with Crippen LogP contribution < -0.4 is 26.5 Å². The van der Waals surface area contributed by atoms with Crippen molar-refractivity contribution in [1.29, 1.82) is 0 Å². The predicted octanol–water partition coefficient (Wildman–Crippen LogP) is 5.13. The SMILES string of the molecule is C=CCn1c(=O)c2cnc(Nc3ccc4c(c3)CCN(C3CCC(N5Cc6ccc7c(c6C5)ONC7C5CCC(=O)NC5=O)CC3)C4)nc2n1-c1ccc2c(n1)[C@@](O)(CC)CC2. The normalized spacial score (nSPS) is 25.8. The number of amides is 2. The molecule has 0 spiro atoms. The van der Waals surface area contributed by atoms with Crippen molar-refractivity contribution in [3.63, 3.8) is 0 Å². The van der Waals surface area contributed by atoms with E-state index in [0.29, 0.717) is 66.3 Å². The number of aromatic nitrogens is 5. The maximum Gasteiger partial charge on any atom is 0.278 e. The number of nitrogens with zero attached hydrogens (tertiary/aromatic N) is 7. The Hall–Kier alpha value is -5.74. The lowest BCUT2D eigenvalue weighted by Gasteiger charge is -2.41. The van der Waals surface area contributed by atoms with Crippen molar-refractivity contribution in [2.24, 2.45) is 5.92 Å². The lowest BCUT2D eigenvalue weighted by atomic mass is 9.86. The first-order chi connectivity index (χ1) is 30.2. The van der Waals surface area contributed by atoms with Crippen LogP contribution in [0.5, 0.6) is 5.75 Å². The van der Waals surface area contributed by atoms with E-state index < -0.39 is 5.60 Å². The fourth-order valence-electron chi connectivity index (χ4n) is 11.1. The molecule has 4 aliphatic heterocycles. The Morgan fingerprint density at radius 3 is 2.52 bits per heavy atom. The molecular weight excluding hydrogens is 785 g/mol. The van der Waals surface area contributed by atoms with Gasteiger partial charge < -0.3 is 15.3 Å². The van der Waals surface area contributed by atoms with E-state index in [1.54, 1.807) is 21.6 Å². The summed E-state index contributed by atoms with van der Waals surface area (Å²) < 4.78 is 3.29. The predicted molar refractivity (Wildman–Crippen MR) is 232 cm³/mol. The van der Waals surface area contributed by atoms with Gasteiger partial charge in [0.25, 0.3) is 5.56 Å². The summed E-state index contributed by atoms with van der Waals surface area (Å²) in [6.07, 6.45) is 11.7. The van der Waals surface area contributed by atoms with Crippen LogP contribution in [0.25, 0.3) is 16.9 Å². The minimum absolute atomic E-state index is 0.204. The fourth-order valence-corrected chi connectivity index (χ4v) is 11.1. The van der Waals surface area contributed by atoms with Crippen LogP contribution in [0.4, 0.5) is 11.6 Å². The molecule has 0 radical (unpaired) electrons. The van der Waals surface area contributed by atoms with Crippen LogP contribution in [0.15, 0.2) is 66.1 Å². The summed E-state index contributed by atoms with van der Waals surface area (Å²) in [5, 5.41) is 17.6. The second-order valence-electron chi connectivity index (χ2n) is 18.1. The van der Waals surface area contributed by atoms with E-state index in [-0.39, 0.29) is 35.9 Å². The number of nitrogens with one attached hydrogen (secondary N) is 3. The van der Waals surface area contributed by atoms with Crippen molar-refractivity contribution in [2.75, 3.05) is 11.9 Å². The number of hydrogen-bond donors (Lipinski definition) is 4. The lowest BCUT2D eigenvalue weighted by Crippen LogP contribution is -2.45. The molecule has 0 bridgehead atoms. The maximum absolute atomic E-state index is 13.6. The molecule has 15 heteroatoms. The van der Waals surface area contributed by atoms with Crippen molar-refractivity contribution in [2.45, 2.75) is 121 Å². The number of benzene rings is 2. The maximum atomic E-state index is 13.6. The molecule has 4 N–H and O–H groups in total. The number of piperidine rings is 1. The smallest absolute Gasteiger partial charge is 0.278 e. The average molecular weight is 837 g/mol. The minimum atomic E-state index is -0.991. The number of hydroxylamine groups is 1. The standard InChI is InChI=1S/C47H52N10O5/c1-3-20-56-45(60)36-23-48-46(52-43(36)57(56)38-15-7-27-17-19-47(61,4-2)42(27)50-38)49-31-8-5-29-24-54(21-18-28(29)22-31)32-9-11-33(12-10-32)55-25-30-6-13-34-40(53-62-41(34)37(30)26-55)35-14-16-39(58)51-44(35)59/h3,5-8,13,15,22-23,32-33,35,40,53,61H,1,4,9-12,14,16-21,24-26H2,2H3,(H,48,49,52)(H,51,58,59)/t32?,33?,35?,40?,47-/m1/s1. The minimum Gasteiger partial charge on any atom is -0.407 e. The van der Waals surface area contributed by atoms with E-state index >= 15 is 0 Å². The Bertz CT molecular complexity index is 2720. The van der Waals surface area contributed by atoms with Gasteiger partial charge in [-0.1, -0.05) is 37.3 Å². The van der Waals surface area contributed by atoms with E-state index in [2.05, 4.69) is 67.8 Å². The third-order valence-electron chi connectivity index (χ3n) is 14.6. The summed E-state index contributed by atoms with van der Waals surface area (Å²) in [6.45, 7) is 9.81. The molecular formula is C47H52N10O5. The molecule has 7 heterocycles. The van der Waals surface area contributed by atoms with Gasteiger partial charge in [-0.05, 0) is 98.2 Å². The molecule has 1 saturated heterocycles. The average Bonchev–Trinajstić information content (AvgIpc) is 4.06. The zero-order chi connectivity index (χ0) is 42.3. The molecule has 2 aliphatic carbocycles. The van der Waals surface area contributed by atoms with Crippen LogP contribution >= 0.6 is 0 Å². The van der Waals surface area contributed by atoms with Gasteiger partial charge in [-0.15, -0.1) is 12.1 Å². The second kappa shape index (κ2) is 15.3. The third kappa shape index (κ3) is 6.55. The third-order valence-corrected chi connectivity index (χ3v) is 14.6. The first-order valence-corrected chi connectivity index (χ1v) is 22.3. The van der Waals surface area contributed by atoms with Gasteiger partial charge in [0.1, 0.15) is 11.0 Å². The second-order valence-corrected chi connectivity index (χ2v) is 18.1. The first kappa shape index (κ1) is 39.1. The number of anilines is 2. The number of carbonyl (C=O) groups is 2. The molecule has 320 valence electrons. The zero-order valence-corrected chi connectivity index (χ0v) is 35.0. The van der Waals surface area contributed by atoms with Crippen molar-refractivity contribution >= 4 is 34.5 Å². The molecule has 62 heavy (non-hydrogen) atoms. The Morgan fingerprint density at radius 2 is 1.71 bits per heavy atom. The van der Waals surface area contributed by atoms with Crippen molar-refractivity contribution in [3.05, 3.63) is 111 Å². The molecule has 15 nitrogen and oxygen atoms in total. The number of aryl methyl sites for hydroxylation is 1. The molecule has 3 aromatic heterocycles. The molecule has 1 saturated carbocycles. The Kier molecular flexibility index (Phi) is 9.63. The Balaban J connectivity index is 0.742. The van der Waals surface area contributed by atoms with Gasteiger partial charge in [0.2, 0.25) is 17.8 Å². The molecule has 2 aromatic carbocycles. The monoisotopic (exact) mass is 836 g/mol. The number of imide groups is 1. The van der Waals surface area contributed by atoms with Crippen LogP contribution in [-0.4, -0.2) is 69.7 Å². The summed E-state index contributed by atoms with van der Waals surface area (Å²) in [4.78, 5) is 63.7. The topological polar surface area (TPSA) is 172 Å². The van der Waals surface area contributed by atoms with E-state index in [9.17, 15) is 19.5 Å². The van der Waals surface area contributed by atoms with Gasteiger partial charge in [0, 0.05) is 67.7 Å². The summed E-state index contributed by atoms with van der Waals surface area (Å²) in [5.41, 5.74) is 11.1. The summed E-state index contributed by atoms with van der Waals surface area (Å²) >= 11 is 0. The highest BCUT2D eigenvalue weighted by Crippen LogP contribution is 2.45. The van der Waals surface area contributed by atoms with Crippen LogP contribution in [0.2, 0.25) is 0 Å². The number of pyridine rings is 1. The number of allylic oxidation sites excluding steroid dienone is 1. The largest absolute Gasteiger partial charge is 0.407 e. The summed E-state index contributed by atoms with van der Waals surface area (Å²) in [6, 6.07) is 15.5. The Morgan fingerprint density at radius 1 is 0.919 bits per heavy atom. The van der Waals surface area contributed by atoms with Gasteiger partial charge in [-0.2, -0.15) is 4.98 Å². The molecule has 2 unspecified atom stereocenters. The molecule has 6 aliphatic rings. The number of rotatable bonds is 9. The quantitative estimate of drug-likeness (QED) is 0.114. The van der Waals surface area contributed by atoms with Gasteiger partial charge >= 0.3 is 0 Å². The van der Waals surface area contributed by atoms with E-state index in [0.717, 1.165) is 74.4 Å². The molecule has 3 atom stereocenters. The number of fused-ring (bicyclic) bond motifs is 6. The van der Waals surface area contributed by atoms with Crippen molar-refractivity contribution < 1.29 is 19.5 Å². The Labute approximate surface area is 359 Å². The van der Waals surface area contributed by atoms with Crippen LogP contribution in [0.3, 0.4) is 0 Å². The molecule has 5 aromatic rings.